The van der Waals surface area contributed by atoms with E-state index in [4.69, 9.17) is 0 Å². The number of hydrogen-bond acceptors (Lipinski definition) is 4. The van der Waals surface area contributed by atoms with Crippen molar-refractivity contribution in [2.24, 2.45) is 0 Å². The molecule has 1 N–H and O–H groups in total. The third-order valence-corrected chi connectivity index (χ3v) is 3.60. The van der Waals surface area contributed by atoms with E-state index in [-0.39, 0.29) is 23.8 Å². The number of halogens is 2. The van der Waals surface area contributed by atoms with E-state index >= 15 is 0 Å². The van der Waals surface area contributed by atoms with Gasteiger partial charge in [-0.1, -0.05) is 0 Å². The minimum absolute atomic E-state index is 0.00272. The van der Waals surface area contributed by atoms with E-state index in [0.717, 1.165) is 0 Å². The molecule has 0 aromatic heterocycles. The quantitative estimate of drug-likeness (QED) is 0.920. The summed E-state index contributed by atoms with van der Waals surface area (Å²) in [4.78, 5) is 25.1. The lowest BCUT2D eigenvalue weighted by Crippen LogP contribution is -2.46. The van der Waals surface area contributed by atoms with Gasteiger partial charge in [-0.3, -0.25) is 4.79 Å². The summed E-state index contributed by atoms with van der Waals surface area (Å²) in [5.74, 6) is -0.284. The van der Waals surface area contributed by atoms with Crippen LogP contribution in [0.2, 0.25) is 0 Å². The molecule has 0 atom stereocenters. The van der Waals surface area contributed by atoms with Gasteiger partial charge in [-0.15, -0.1) is 0 Å². The zero-order chi connectivity index (χ0) is 16.8. The van der Waals surface area contributed by atoms with Crippen LogP contribution in [0.5, 0.6) is 5.75 Å². The van der Waals surface area contributed by atoms with Crippen LogP contribution in [0, 0.1) is 0 Å². The van der Waals surface area contributed by atoms with Crippen LogP contribution >= 0.6 is 0 Å². The van der Waals surface area contributed by atoms with Gasteiger partial charge in [0.05, 0.1) is 7.11 Å². The molecule has 6 nitrogen and oxygen atoms in total. The van der Waals surface area contributed by atoms with Crippen LogP contribution in [-0.2, 0) is 4.74 Å². The normalized spacial score (nSPS) is 15.4. The highest BCUT2D eigenvalue weighted by atomic mass is 19.3. The number of hydrogen-bond donors (Lipinski definition) is 1. The number of benzene rings is 1. The molecule has 0 radical (unpaired) electrons. The van der Waals surface area contributed by atoms with Gasteiger partial charge in [0.1, 0.15) is 5.75 Å². The summed E-state index contributed by atoms with van der Waals surface area (Å²) in [6.07, 6.45) is 0.894. The fourth-order valence-electron chi connectivity index (χ4n) is 2.39. The summed E-state index contributed by atoms with van der Waals surface area (Å²) in [6, 6.07) is 5.45. The Morgan fingerprint density at radius 1 is 1.22 bits per heavy atom. The second-order valence-corrected chi connectivity index (χ2v) is 5.11. The molecule has 8 heteroatoms. The van der Waals surface area contributed by atoms with Gasteiger partial charge in [0.15, 0.2) is 0 Å². The molecule has 2 rings (SSSR count). The van der Waals surface area contributed by atoms with Crippen molar-refractivity contribution in [2.75, 3.05) is 20.2 Å². The first kappa shape index (κ1) is 17.0. The number of likely N-dealkylation sites (tertiary alicyclic amines) is 1. The van der Waals surface area contributed by atoms with Crippen molar-refractivity contribution in [3.63, 3.8) is 0 Å². The lowest BCUT2D eigenvalue weighted by Gasteiger charge is -2.31. The van der Waals surface area contributed by atoms with Crippen LogP contribution in [0.3, 0.4) is 0 Å². The topological polar surface area (TPSA) is 67.9 Å². The lowest BCUT2D eigenvalue weighted by atomic mass is 10.0. The fraction of sp³-hybridized carbons (Fsp3) is 0.467. The number of piperidine rings is 1. The van der Waals surface area contributed by atoms with Gasteiger partial charge < -0.3 is 19.7 Å². The van der Waals surface area contributed by atoms with E-state index in [9.17, 15) is 18.4 Å². The fourth-order valence-corrected chi connectivity index (χ4v) is 2.39. The van der Waals surface area contributed by atoms with Crippen molar-refractivity contribution in [2.45, 2.75) is 25.5 Å². The van der Waals surface area contributed by atoms with Crippen LogP contribution in [0.4, 0.5) is 13.6 Å². The highest BCUT2D eigenvalue weighted by Gasteiger charge is 2.24. The average molecular weight is 328 g/mol. The van der Waals surface area contributed by atoms with Crippen LogP contribution in [-0.4, -0.2) is 49.8 Å². The minimum atomic E-state index is -2.89. The Bertz CT molecular complexity index is 543. The predicted octanol–water partition coefficient (Wildman–Crippen LogP) is 2.25. The predicted molar refractivity (Wildman–Crippen MR) is 77.5 cm³/mol. The molecule has 2 amide bonds. The molecule has 0 bridgehead atoms. The Hall–Kier alpha value is -2.38. The van der Waals surface area contributed by atoms with Gasteiger partial charge in [0, 0.05) is 24.7 Å². The first-order valence-electron chi connectivity index (χ1n) is 7.18. The number of ether oxygens (including phenoxy) is 2. The Balaban J connectivity index is 1.84. The molecule has 126 valence electrons. The highest BCUT2D eigenvalue weighted by molar-refractivity contribution is 5.94. The molecule has 1 aromatic carbocycles. The van der Waals surface area contributed by atoms with Gasteiger partial charge in [0.25, 0.3) is 5.91 Å². The third-order valence-electron chi connectivity index (χ3n) is 3.60. The van der Waals surface area contributed by atoms with E-state index in [1.165, 1.54) is 31.4 Å². The number of alkyl halides is 2. The Kier molecular flexibility index (Phi) is 5.72. The maximum Gasteiger partial charge on any atom is 0.409 e. The molecule has 1 saturated heterocycles. The summed E-state index contributed by atoms with van der Waals surface area (Å²) in [5.41, 5.74) is 0.363. The number of nitrogens with zero attached hydrogens (tertiary/aromatic N) is 1. The zero-order valence-electron chi connectivity index (χ0n) is 12.6. The molecule has 0 spiro atoms. The van der Waals surface area contributed by atoms with E-state index in [0.29, 0.717) is 31.5 Å². The summed E-state index contributed by atoms with van der Waals surface area (Å²) in [5, 5.41) is 2.87. The number of carbonyl (C=O) groups excluding carboxylic acids is 2. The molecular formula is C15H18F2N2O4. The Morgan fingerprint density at radius 2 is 1.83 bits per heavy atom. The zero-order valence-corrected chi connectivity index (χ0v) is 12.6. The van der Waals surface area contributed by atoms with E-state index in [1.54, 1.807) is 4.90 Å². The van der Waals surface area contributed by atoms with Crippen molar-refractivity contribution in [3.8, 4) is 5.75 Å². The Morgan fingerprint density at radius 3 is 2.35 bits per heavy atom. The average Bonchev–Trinajstić information content (AvgIpc) is 2.55. The van der Waals surface area contributed by atoms with Crippen molar-refractivity contribution in [3.05, 3.63) is 29.8 Å². The second kappa shape index (κ2) is 7.75. The molecule has 1 aromatic rings. The molecule has 1 heterocycles. The summed E-state index contributed by atoms with van der Waals surface area (Å²) in [7, 11) is 1.33. The molecule has 0 unspecified atom stereocenters. The molecule has 1 fully saturated rings. The SMILES string of the molecule is COC(=O)N1CCC(NC(=O)c2ccc(OC(F)F)cc2)CC1. The van der Waals surface area contributed by atoms with Crippen molar-refractivity contribution < 1.29 is 27.8 Å². The van der Waals surface area contributed by atoms with Gasteiger partial charge >= 0.3 is 12.7 Å². The summed E-state index contributed by atoms with van der Waals surface area (Å²) < 4.78 is 33.0. The number of nitrogens with one attached hydrogen (secondary N) is 1. The van der Waals surface area contributed by atoms with Crippen LogP contribution in [0.1, 0.15) is 23.2 Å². The summed E-state index contributed by atoms with van der Waals surface area (Å²) in [6.45, 7) is -1.87. The summed E-state index contributed by atoms with van der Waals surface area (Å²) >= 11 is 0. The van der Waals surface area contributed by atoms with Crippen LogP contribution in [0.15, 0.2) is 24.3 Å². The van der Waals surface area contributed by atoms with Crippen LogP contribution < -0.4 is 10.1 Å². The van der Waals surface area contributed by atoms with Gasteiger partial charge in [-0.05, 0) is 37.1 Å². The molecule has 1 aliphatic rings. The standard InChI is InChI=1S/C15H18F2N2O4/c1-22-15(21)19-8-6-11(7-9-19)18-13(20)10-2-4-12(5-3-10)23-14(16)17/h2-5,11,14H,6-9H2,1H3,(H,18,20). The van der Waals surface area contributed by atoms with E-state index < -0.39 is 6.61 Å². The number of methoxy groups -OCH3 is 1. The van der Waals surface area contributed by atoms with Crippen molar-refractivity contribution in [1.29, 1.82) is 0 Å². The smallest absolute Gasteiger partial charge is 0.409 e. The second-order valence-electron chi connectivity index (χ2n) is 5.11. The van der Waals surface area contributed by atoms with Gasteiger partial charge in [-0.25, -0.2) is 4.79 Å². The molecule has 0 saturated carbocycles. The molecule has 23 heavy (non-hydrogen) atoms. The Labute approximate surface area is 132 Å². The first-order valence-corrected chi connectivity index (χ1v) is 7.18. The van der Waals surface area contributed by atoms with Gasteiger partial charge in [0.2, 0.25) is 0 Å². The minimum Gasteiger partial charge on any atom is -0.453 e. The van der Waals surface area contributed by atoms with E-state index in [2.05, 4.69) is 14.8 Å². The highest BCUT2D eigenvalue weighted by Crippen LogP contribution is 2.16. The van der Waals surface area contributed by atoms with Crippen LogP contribution in [0.25, 0.3) is 0 Å². The van der Waals surface area contributed by atoms with Crippen molar-refractivity contribution >= 4 is 12.0 Å². The molecule has 0 aliphatic carbocycles. The maximum absolute atomic E-state index is 12.1. The van der Waals surface area contributed by atoms with Crippen molar-refractivity contribution in [1.82, 2.24) is 10.2 Å². The first-order chi connectivity index (χ1) is 11.0. The molecule has 1 aliphatic heterocycles. The maximum atomic E-state index is 12.1. The third kappa shape index (κ3) is 4.80. The number of carbonyl (C=O) groups is 2. The number of rotatable bonds is 4. The van der Waals surface area contributed by atoms with Gasteiger partial charge in [-0.2, -0.15) is 8.78 Å². The number of amides is 2. The largest absolute Gasteiger partial charge is 0.453 e. The lowest BCUT2D eigenvalue weighted by molar-refractivity contribution is -0.0498. The monoisotopic (exact) mass is 328 g/mol. The molecular weight excluding hydrogens is 310 g/mol. The van der Waals surface area contributed by atoms with E-state index in [1.807, 2.05) is 0 Å².